The number of alkyl halides is 2. The SMILES string of the molecule is O=C(NC[C@H](CC1C(F)C=C(F)CC1F)C1CC1)c1nccc(=O)[nH]1. The number of hydrogen-bond donors (Lipinski definition) is 2. The van der Waals surface area contributed by atoms with Crippen LogP contribution in [0.25, 0.3) is 0 Å². The minimum atomic E-state index is -1.65. The minimum absolute atomic E-state index is 0.0876. The lowest BCUT2D eigenvalue weighted by atomic mass is 9.81. The fourth-order valence-electron chi connectivity index (χ4n) is 3.33. The molecule has 1 saturated carbocycles. The number of aromatic nitrogens is 2. The van der Waals surface area contributed by atoms with Crippen molar-refractivity contribution in [3.05, 3.63) is 40.3 Å². The normalized spacial score (nSPS) is 27.5. The Hall–Kier alpha value is -2.12. The molecule has 0 saturated heterocycles. The molecule has 1 aromatic rings. The molecule has 1 fully saturated rings. The second-order valence-electron chi connectivity index (χ2n) is 6.77. The van der Waals surface area contributed by atoms with E-state index in [0.29, 0.717) is 5.92 Å². The molecule has 2 aliphatic rings. The van der Waals surface area contributed by atoms with Gasteiger partial charge in [0.25, 0.3) is 11.5 Å². The van der Waals surface area contributed by atoms with Crippen LogP contribution in [-0.2, 0) is 0 Å². The van der Waals surface area contributed by atoms with E-state index in [1.807, 2.05) is 0 Å². The zero-order valence-electron chi connectivity index (χ0n) is 13.6. The minimum Gasteiger partial charge on any atom is -0.349 e. The van der Waals surface area contributed by atoms with Gasteiger partial charge in [-0.3, -0.25) is 9.59 Å². The first-order valence-electron chi connectivity index (χ1n) is 8.42. The number of carbonyl (C=O) groups is 1. The first kappa shape index (κ1) is 17.7. The molecule has 1 aromatic heterocycles. The van der Waals surface area contributed by atoms with Crippen LogP contribution < -0.4 is 10.9 Å². The largest absolute Gasteiger partial charge is 0.349 e. The maximum atomic E-state index is 14.0. The average Bonchev–Trinajstić information content (AvgIpc) is 3.38. The number of amides is 1. The molecule has 1 amide bonds. The van der Waals surface area contributed by atoms with Crippen LogP contribution in [0, 0.1) is 17.8 Å². The summed E-state index contributed by atoms with van der Waals surface area (Å²) < 4.78 is 41.2. The molecule has 4 atom stereocenters. The molecular formula is C17H20F3N3O2. The lowest BCUT2D eigenvalue weighted by molar-refractivity contribution is 0.0898. The van der Waals surface area contributed by atoms with Crippen LogP contribution in [0.3, 0.4) is 0 Å². The molecule has 0 bridgehead atoms. The van der Waals surface area contributed by atoms with Gasteiger partial charge in [-0.1, -0.05) is 0 Å². The Morgan fingerprint density at radius 1 is 1.40 bits per heavy atom. The number of allylic oxidation sites excluding steroid dienone is 2. The van der Waals surface area contributed by atoms with Gasteiger partial charge in [0.15, 0.2) is 5.82 Å². The molecule has 2 N–H and O–H groups in total. The molecule has 25 heavy (non-hydrogen) atoms. The number of aromatic amines is 1. The standard InChI is InChI=1S/C17H20F3N3O2/c18-11-6-13(19)12(14(20)7-11)5-10(9-1-2-9)8-22-17(25)16-21-4-3-15(24)23-16/h3-4,6,9-10,12-14H,1-2,5,7-8H2,(H,22,25)(H,21,23,24)/t10-,12?,13?,14?/m0/s1. The smallest absolute Gasteiger partial charge is 0.287 e. The highest BCUT2D eigenvalue weighted by Crippen LogP contribution is 2.43. The summed E-state index contributed by atoms with van der Waals surface area (Å²) in [6.07, 6.45) is 0.646. The van der Waals surface area contributed by atoms with Crippen LogP contribution in [0.5, 0.6) is 0 Å². The summed E-state index contributed by atoms with van der Waals surface area (Å²) in [4.78, 5) is 29.4. The van der Waals surface area contributed by atoms with Crippen LogP contribution in [0.2, 0.25) is 0 Å². The maximum absolute atomic E-state index is 14.0. The Kier molecular flexibility index (Phi) is 5.24. The van der Waals surface area contributed by atoms with Crippen LogP contribution in [-0.4, -0.2) is 34.8 Å². The Morgan fingerprint density at radius 3 is 2.80 bits per heavy atom. The molecule has 1 heterocycles. The van der Waals surface area contributed by atoms with Crippen LogP contribution in [0.4, 0.5) is 13.2 Å². The summed E-state index contributed by atoms with van der Waals surface area (Å²) in [5.74, 6) is -2.06. The van der Waals surface area contributed by atoms with Gasteiger partial charge in [0, 0.05) is 31.1 Å². The van der Waals surface area contributed by atoms with Gasteiger partial charge in [-0.2, -0.15) is 0 Å². The van der Waals surface area contributed by atoms with E-state index in [2.05, 4.69) is 15.3 Å². The lowest BCUT2D eigenvalue weighted by Gasteiger charge is -2.30. The fourth-order valence-corrected chi connectivity index (χ4v) is 3.33. The second-order valence-corrected chi connectivity index (χ2v) is 6.77. The van der Waals surface area contributed by atoms with Crippen LogP contribution in [0.15, 0.2) is 29.0 Å². The van der Waals surface area contributed by atoms with Gasteiger partial charge in [0.2, 0.25) is 0 Å². The Morgan fingerprint density at radius 2 is 2.16 bits per heavy atom. The highest BCUT2D eigenvalue weighted by Gasteiger charge is 2.40. The molecule has 8 heteroatoms. The number of nitrogens with zero attached hydrogens (tertiary/aromatic N) is 1. The van der Waals surface area contributed by atoms with E-state index >= 15 is 0 Å². The van der Waals surface area contributed by atoms with E-state index in [-0.39, 0.29) is 31.1 Å². The topological polar surface area (TPSA) is 74.8 Å². The third kappa shape index (κ3) is 4.49. The van der Waals surface area contributed by atoms with Gasteiger partial charge in [-0.05, 0) is 37.2 Å². The first-order valence-corrected chi connectivity index (χ1v) is 8.42. The predicted octanol–water partition coefficient (Wildman–Crippen LogP) is 2.47. The number of rotatable bonds is 6. The van der Waals surface area contributed by atoms with Crippen LogP contribution in [0.1, 0.15) is 36.3 Å². The zero-order valence-corrected chi connectivity index (χ0v) is 13.6. The number of nitrogens with one attached hydrogen (secondary N) is 2. The van der Waals surface area contributed by atoms with Crippen molar-refractivity contribution in [2.75, 3.05) is 6.54 Å². The molecule has 0 spiro atoms. The van der Waals surface area contributed by atoms with Crippen molar-refractivity contribution in [1.29, 1.82) is 0 Å². The third-order valence-electron chi connectivity index (χ3n) is 4.88. The third-order valence-corrected chi connectivity index (χ3v) is 4.88. The summed E-state index contributed by atoms with van der Waals surface area (Å²) in [5, 5.41) is 2.67. The Bertz CT molecular complexity index is 717. The summed E-state index contributed by atoms with van der Waals surface area (Å²) in [7, 11) is 0. The molecule has 5 nitrogen and oxygen atoms in total. The average molecular weight is 355 g/mol. The lowest BCUT2D eigenvalue weighted by Crippen LogP contribution is -2.37. The summed E-state index contributed by atoms with van der Waals surface area (Å²) >= 11 is 0. The number of carbonyl (C=O) groups excluding carboxylic acids is 1. The monoisotopic (exact) mass is 355 g/mol. The Labute approximate surface area is 142 Å². The van der Waals surface area contributed by atoms with Crippen molar-refractivity contribution in [2.24, 2.45) is 17.8 Å². The predicted molar refractivity (Wildman–Crippen MR) is 85.1 cm³/mol. The highest BCUT2D eigenvalue weighted by atomic mass is 19.2. The van der Waals surface area contributed by atoms with Gasteiger partial charge in [0.1, 0.15) is 18.2 Å². The molecule has 3 unspecified atom stereocenters. The Balaban J connectivity index is 1.60. The van der Waals surface area contributed by atoms with Gasteiger partial charge < -0.3 is 10.3 Å². The maximum Gasteiger partial charge on any atom is 0.287 e. The van der Waals surface area contributed by atoms with Crippen molar-refractivity contribution in [1.82, 2.24) is 15.3 Å². The van der Waals surface area contributed by atoms with E-state index in [0.717, 1.165) is 18.9 Å². The summed E-state index contributed by atoms with van der Waals surface area (Å²) in [6, 6.07) is 1.20. The zero-order chi connectivity index (χ0) is 18.0. The quantitative estimate of drug-likeness (QED) is 0.823. The van der Waals surface area contributed by atoms with Gasteiger partial charge in [0.05, 0.1) is 0 Å². The fraction of sp³-hybridized carbons (Fsp3) is 0.588. The summed E-state index contributed by atoms with van der Waals surface area (Å²) in [5.41, 5.74) is -0.435. The van der Waals surface area contributed by atoms with Crippen molar-refractivity contribution < 1.29 is 18.0 Å². The van der Waals surface area contributed by atoms with Crippen molar-refractivity contribution in [2.45, 2.75) is 38.0 Å². The molecule has 3 rings (SSSR count). The highest BCUT2D eigenvalue weighted by molar-refractivity contribution is 5.90. The number of halogens is 3. The van der Waals surface area contributed by atoms with Crippen molar-refractivity contribution in [3.63, 3.8) is 0 Å². The first-order chi connectivity index (χ1) is 11.9. The molecule has 0 aliphatic heterocycles. The van der Waals surface area contributed by atoms with Crippen molar-refractivity contribution in [3.8, 4) is 0 Å². The van der Waals surface area contributed by atoms with Gasteiger partial charge in [-0.15, -0.1) is 0 Å². The van der Waals surface area contributed by atoms with Gasteiger partial charge >= 0.3 is 0 Å². The molecular weight excluding hydrogens is 335 g/mol. The molecule has 2 aliphatic carbocycles. The van der Waals surface area contributed by atoms with Gasteiger partial charge in [-0.25, -0.2) is 18.2 Å². The second kappa shape index (κ2) is 7.41. The van der Waals surface area contributed by atoms with E-state index in [9.17, 15) is 22.8 Å². The van der Waals surface area contributed by atoms with Crippen LogP contribution >= 0.6 is 0 Å². The van der Waals surface area contributed by atoms with Crippen molar-refractivity contribution >= 4 is 5.91 Å². The molecule has 0 aromatic carbocycles. The number of hydrogen-bond acceptors (Lipinski definition) is 3. The summed E-state index contributed by atoms with van der Waals surface area (Å²) in [6.45, 7) is 0.240. The molecule has 136 valence electrons. The number of H-pyrrole nitrogens is 1. The van der Waals surface area contributed by atoms with E-state index in [1.54, 1.807) is 0 Å². The molecule has 0 radical (unpaired) electrons. The van der Waals surface area contributed by atoms with E-state index in [1.165, 1.54) is 12.3 Å². The van der Waals surface area contributed by atoms with E-state index in [4.69, 9.17) is 0 Å². The van der Waals surface area contributed by atoms with E-state index < -0.39 is 35.6 Å².